The first-order valence-corrected chi connectivity index (χ1v) is 13.4. The third-order valence-corrected chi connectivity index (χ3v) is 8.13. The number of hydrogen-bond acceptors (Lipinski definition) is 5. The van der Waals surface area contributed by atoms with E-state index in [4.69, 9.17) is 22.2 Å². The van der Waals surface area contributed by atoms with Crippen LogP contribution in [0.4, 0.5) is 23.2 Å². The lowest BCUT2D eigenvalue weighted by Gasteiger charge is -2.35. The highest BCUT2D eigenvalue weighted by Crippen LogP contribution is 2.40. The first kappa shape index (κ1) is 28.4. The molecule has 1 aliphatic heterocycles. The van der Waals surface area contributed by atoms with E-state index in [1.807, 2.05) is 0 Å². The molecule has 0 radical (unpaired) electrons. The van der Waals surface area contributed by atoms with Crippen LogP contribution < -0.4 is 14.9 Å². The monoisotopic (exact) mass is 582 g/mol. The molecule has 1 atom stereocenters. The number of rotatable bonds is 7. The summed E-state index contributed by atoms with van der Waals surface area (Å²) in [7, 11) is -4.46. The lowest BCUT2D eigenvalue weighted by Crippen LogP contribution is -2.44. The SMILES string of the molecule is C/C(=C\c1ccc2c(c1)N(S(=O)(=O)c1cccc(C(F)(F)F)c1)C[C@H](CCN=NN)O2)c1c(F)cccc1Cl. The normalized spacial score (nSPS) is 16.3. The second kappa shape index (κ2) is 11.2. The average molecular weight is 583 g/mol. The topological polar surface area (TPSA) is 97.4 Å². The van der Waals surface area contributed by atoms with Crippen molar-refractivity contribution in [3.05, 3.63) is 88.2 Å². The molecule has 0 spiro atoms. The summed E-state index contributed by atoms with van der Waals surface area (Å²) in [5.41, 5.74) is 0.188. The maximum atomic E-state index is 14.4. The molecule has 1 aliphatic rings. The smallest absolute Gasteiger partial charge is 0.416 e. The van der Waals surface area contributed by atoms with E-state index >= 15 is 0 Å². The molecule has 4 rings (SSSR count). The van der Waals surface area contributed by atoms with E-state index in [-0.39, 0.29) is 41.5 Å². The minimum atomic E-state index is -4.73. The van der Waals surface area contributed by atoms with Crippen molar-refractivity contribution in [2.75, 3.05) is 17.4 Å². The molecular formula is C26H23ClF4N4O3S. The van der Waals surface area contributed by atoms with Gasteiger partial charge < -0.3 is 10.6 Å². The van der Waals surface area contributed by atoms with Crippen LogP contribution in [0.25, 0.3) is 11.6 Å². The van der Waals surface area contributed by atoms with Crippen LogP contribution in [0.1, 0.15) is 30.0 Å². The van der Waals surface area contributed by atoms with Gasteiger partial charge >= 0.3 is 6.18 Å². The van der Waals surface area contributed by atoms with E-state index in [2.05, 4.69) is 10.3 Å². The number of fused-ring (bicyclic) bond motifs is 1. The van der Waals surface area contributed by atoms with Crippen LogP contribution in [-0.4, -0.2) is 27.6 Å². The molecule has 3 aromatic rings. The van der Waals surface area contributed by atoms with Gasteiger partial charge in [-0.25, -0.2) is 12.8 Å². The minimum Gasteiger partial charge on any atom is -0.486 e. The number of ether oxygens (including phenoxy) is 1. The fourth-order valence-electron chi connectivity index (χ4n) is 4.21. The molecule has 39 heavy (non-hydrogen) atoms. The number of anilines is 1. The predicted molar refractivity (Wildman–Crippen MR) is 140 cm³/mol. The van der Waals surface area contributed by atoms with Crippen LogP contribution in [-0.2, 0) is 16.2 Å². The quantitative estimate of drug-likeness (QED) is 0.110. The Morgan fingerprint density at radius 1 is 1.18 bits per heavy atom. The molecule has 0 amide bonds. The Morgan fingerprint density at radius 2 is 1.92 bits per heavy atom. The molecule has 1 heterocycles. The van der Waals surface area contributed by atoms with Crippen LogP contribution >= 0.6 is 11.6 Å². The molecule has 2 N–H and O–H groups in total. The molecule has 0 bridgehead atoms. The van der Waals surface area contributed by atoms with Crippen LogP contribution in [0.5, 0.6) is 5.75 Å². The molecule has 206 valence electrons. The third-order valence-electron chi connectivity index (χ3n) is 6.04. The Kier molecular flexibility index (Phi) is 8.17. The van der Waals surface area contributed by atoms with E-state index in [0.29, 0.717) is 17.2 Å². The number of halogens is 5. The van der Waals surface area contributed by atoms with Gasteiger partial charge in [0, 0.05) is 12.0 Å². The second-order valence-corrected chi connectivity index (χ2v) is 11.0. The zero-order chi connectivity index (χ0) is 28.4. The molecule has 0 saturated carbocycles. The number of alkyl halides is 3. The Bertz CT molecular complexity index is 1520. The summed E-state index contributed by atoms with van der Waals surface area (Å²) in [6, 6.07) is 12.5. The number of benzene rings is 3. The number of nitrogens with two attached hydrogens (primary N) is 1. The van der Waals surface area contributed by atoms with Crippen molar-refractivity contribution in [2.45, 2.75) is 30.5 Å². The van der Waals surface area contributed by atoms with Crippen LogP contribution in [0.2, 0.25) is 5.02 Å². The largest absolute Gasteiger partial charge is 0.486 e. The highest BCUT2D eigenvalue weighted by molar-refractivity contribution is 7.92. The summed E-state index contributed by atoms with van der Waals surface area (Å²) in [5.74, 6) is 4.72. The van der Waals surface area contributed by atoms with Gasteiger partial charge in [0.2, 0.25) is 0 Å². The maximum absolute atomic E-state index is 14.4. The Morgan fingerprint density at radius 3 is 2.62 bits per heavy atom. The number of sulfonamides is 1. The first-order chi connectivity index (χ1) is 18.4. The highest BCUT2D eigenvalue weighted by Gasteiger charge is 2.37. The molecule has 0 unspecified atom stereocenters. The fraction of sp³-hybridized carbons (Fsp3) is 0.231. The van der Waals surface area contributed by atoms with Gasteiger partial charge in [-0.2, -0.15) is 18.3 Å². The molecule has 7 nitrogen and oxygen atoms in total. The van der Waals surface area contributed by atoms with Crippen molar-refractivity contribution in [3.63, 3.8) is 0 Å². The van der Waals surface area contributed by atoms with Crippen molar-refractivity contribution in [3.8, 4) is 5.75 Å². The Hall–Kier alpha value is -3.64. The fourth-order valence-corrected chi connectivity index (χ4v) is 6.07. The van der Waals surface area contributed by atoms with E-state index < -0.39 is 38.6 Å². The molecule has 0 saturated heterocycles. The number of allylic oxidation sites excluding steroid dienone is 1. The Labute approximate surface area is 227 Å². The third kappa shape index (κ3) is 6.17. The summed E-state index contributed by atoms with van der Waals surface area (Å²) >= 11 is 6.18. The standard InChI is InChI=1S/C26H23ClF4N4O3S/c1-16(25-21(27)6-3-7-22(25)28)12-17-8-9-24-23(13-17)35(15-19(38-24)10-11-33-34-32)39(36,37)20-5-2-4-18(14-20)26(29,30)31/h2-9,12-14,19H,10-11,15H2,1H3,(H2,32,33)/b16-12+/t19-/m0/s1. The highest BCUT2D eigenvalue weighted by atomic mass is 35.5. The summed E-state index contributed by atoms with van der Waals surface area (Å²) < 4.78 is 88.9. The van der Waals surface area contributed by atoms with Crippen molar-refractivity contribution in [1.29, 1.82) is 0 Å². The van der Waals surface area contributed by atoms with E-state index in [0.717, 1.165) is 22.5 Å². The van der Waals surface area contributed by atoms with Crippen molar-refractivity contribution in [2.24, 2.45) is 16.2 Å². The second-order valence-electron chi connectivity index (χ2n) is 8.72. The molecule has 0 aliphatic carbocycles. The minimum absolute atomic E-state index is 0.116. The summed E-state index contributed by atoms with van der Waals surface area (Å²) in [6.45, 7) is 1.60. The summed E-state index contributed by atoms with van der Waals surface area (Å²) in [6.07, 6.45) is -3.54. The maximum Gasteiger partial charge on any atom is 0.416 e. The van der Waals surface area contributed by atoms with Gasteiger partial charge in [0.15, 0.2) is 0 Å². The van der Waals surface area contributed by atoms with Crippen LogP contribution in [0.15, 0.2) is 75.9 Å². The van der Waals surface area contributed by atoms with Crippen LogP contribution in [0.3, 0.4) is 0 Å². The number of nitrogens with zero attached hydrogens (tertiary/aromatic N) is 3. The lowest BCUT2D eigenvalue weighted by atomic mass is 10.0. The molecule has 0 aromatic heterocycles. The van der Waals surface area contributed by atoms with E-state index in [1.165, 1.54) is 18.2 Å². The molecule has 3 aromatic carbocycles. The molecule has 13 heteroatoms. The van der Waals surface area contributed by atoms with Gasteiger partial charge in [-0.15, -0.1) is 0 Å². The molecule has 0 fully saturated rings. The van der Waals surface area contributed by atoms with Crippen molar-refractivity contribution >= 4 is 39.0 Å². The van der Waals surface area contributed by atoms with Crippen LogP contribution in [0, 0.1) is 5.82 Å². The summed E-state index contributed by atoms with van der Waals surface area (Å²) in [4.78, 5) is -0.527. The van der Waals surface area contributed by atoms with Crippen molar-refractivity contribution in [1.82, 2.24) is 0 Å². The van der Waals surface area contributed by atoms with Gasteiger partial charge in [0.25, 0.3) is 10.0 Å². The van der Waals surface area contributed by atoms with Gasteiger partial charge in [-0.1, -0.05) is 41.1 Å². The average Bonchev–Trinajstić information content (AvgIpc) is 2.88. The van der Waals surface area contributed by atoms with Gasteiger partial charge in [-0.3, -0.25) is 4.31 Å². The summed E-state index contributed by atoms with van der Waals surface area (Å²) in [5, 5.41) is 7.06. The number of hydrogen-bond donors (Lipinski definition) is 1. The van der Waals surface area contributed by atoms with E-state index in [1.54, 1.807) is 31.2 Å². The van der Waals surface area contributed by atoms with Gasteiger partial charge in [0.05, 0.1) is 34.3 Å². The van der Waals surface area contributed by atoms with Gasteiger partial charge in [-0.05, 0) is 60.5 Å². The first-order valence-electron chi connectivity index (χ1n) is 11.6. The zero-order valence-electron chi connectivity index (χ0n) is 20.5. The Balaban J connectivity index is 1.79. The van der Waals surface area contributed by atoms with E-state index in [9.17, 15) is 26.0 Å². The predicted octanol–water partition coefficient (Wildman–Crippen LogP) is 6.73. The van der Waals surface area contributed by atoms with Crippen molar-refractivity contribution < 1.29 is 30.7 Å². The van der Waals surface area contributed by atoms with Gasteiger partial charge in [0.1, 0.15) is 17.7 Å². The lowest BCUT2D eigenvalue weighted by molar-refractivity contribution is -0.137. The zero-order valence-corrected chi connectivity index (χ0v) is 22.1. The molecular weight excluding hydrogens is 560 g/mol.